The van der Waals surface area contributed by atoms with Gasteiger partial charge in [0.1, 0.15) is 0 Å². The molecule has 4 fully saturated rings. The van der Waals surface area contributed by atoms with Gasteiger partial charge in [-0.2, -0.15) is 0 Å². The highest BCUT2D eigenvalue weighted by atomic mass is 79.9. The molecule has 9 atom stereocenters. The molecule has 0 aromatic rings. The molecule has 0 nitrogen and oxygen atoms in total. The van der Waals surface area contributed by atoms with Crippen LogP contribution in [0.2, 0.25) is 0 Å². The van der Waals surface area contributed by atoms with Crippen LogP contribution < -0.4 is 0 Å². The van der Waals surface area contributed by atoms with Crippen LogP contribution in [0.5, 0.6) is 0 Å². The maximum Gasteiger partial charge on any atom is 0.0439 e. The summed E-state index contributed by atoms with van der Waals surface area (Å²) in [6.07, 6.45) is 17.5. The Bertz CT molecular complexity index is 587. The normalized spacial score (nSPS) is 50.7. The number of hydrogen-bond donors (Lipinski definition) is 0. The third-order valence-corrected chi connectivity index (χ3v) is 14.6. The number of fused-ring (bicyclic) bond motifs is 5. The van der Waals surface area contributed by atoms with Gasteiger partial charge in [-0.3, -0.25) is 0 Å². The third kappa shape index (κ3) is 3.65. The molecule has 0 N–H and O–H groups in total. The molecule has 4 aliphatic rings. The summed E-state index contributed by atoms with van der Waals surface area (Å²) in [5, 5.41) is 0. The molecular weight excluding hydrogens is 484 g/mol. The number of alkyl halides is 2. The van der Waals surface area contributed by atoms with Crippen molar-refractivity contribution in [1.82, 2.24) is 0 Å². The van der Waals surface area contributed by atoms with Crippen molar-refractivity contribution in [2.75, 3.05) is 0 Å². The molecule has 0 unspecified atom stereocenters. The highest BCUT2D eigenvalue weighted by molar-refractivity contribution is 9.12. The van der Waals surface area contributed by atoms with Crippen LogP contribution in [-0.4, -0.2) is 9.15 Å². The zero-order valence-corrected chi connectivity index (χ0v) is 23.0. The van der Waals surface area contributed by atoms with Gasteiger partial charge in [0.15, 0.2) is 0 Å². The Hall–Kier alpha value is 0.960. The average molecular weight is 530 g/mol. The van der Waals surface area contributed by atoms with E-state index in [2.05, 4.69) is 66.5 Å². The van der Waals surface area contributed by atoms with Crippen molar-refractivity contribution in [2.45, 2.75) is 121 Å². The minimum absolute atomic E-state index is 0.343. The molecule has 0 amide bonds. The Kier molecular flexibility index (Phi) is 6.69. The van der Waals surface area contributed by atoms with Crippen molar-refractivity contribution in [3.63, 3.8) is 0 Å². The summed E-state index contributed by atoms with van der Waals surface area (Å²) >= 11 is 8.49. The number of halogens is 2. The number of rotatable bonds is 5. The van der Waals surface area contributed by atoms with Crippen LogP contribution >= 0.6 is 31.9 Å². The summed E-state index contributed by atoms with van der Waals surface area (Å²) in [4.78, 5) is 0.667. The average Bonchev–Trinajstić information content (AvgIpc) is 3.01. The van der Waals surface area contributed by atoms with Crippen LogP contribution in [-0.2, 0) is 0 Å². The van der Waals surface area contributed by atoms with Crippen LogP contribution in [0.3, 0.4) is 0 Å². The van der Waals surface area contributed by atoms with Crippen molar-refractivity contribution in [1.29, 1.82) is 0 Å². The minimum atomic E-state index is 0.343. The van der Waals surface area contributed by atoms with E-state index in [1.54, 1.807) is 0 Å². The van der Waals surface area contributed by atoms with Gasteiger partial charge < -0.3 is 0 Å². The zero-order valence-electron chi connectivity index (χ0n) is 19.8. The molecule has 29 heavy (non-hydrogen) atoms. The summed E-state index contributed by atoms with van der Waals surface area (Å²) in [7, 11) is 0. The molecular formula is C27H46Br2. The Morgan fingerprint density at radius 1 is 0.862 bits per heavy atom. The van der Waals surface area contributed by atoms with Gasteiger partial charge in [-0.25, -0.2) is 0 Å². The van der Waals surface area contributed by atoms with Crippen molar-refractivity contribution in [3.8, 4) is 0 Å². The zero-order chi connectivity index (χ0) is 21.0. The molecule has 0 aromatic heterocycles. The van der Waals surface area contributed by atoms with E-state index in [1.807, 2.05) is 0 Å². The lowest BCUT2D eigenvalue weighted by Crippen LogP contribution is -2.62. The molecule has 2 heteroatoms. The molecule has 168 valence electrons. The lowest BCUT2D eigenvalue weighted by atomic mass is 9.44. The first-order chi connectivity index (χ1) is 13.6. The van der Waals surface area contributed by atoms with E-state index in [-0.39, 0.29) is 0 Å². The molecule has 0 bridgehead atoms. The molecule has 0 heterocycles. The summed E-state index contributed by atoms with van der Waals surface area (Å²) in [5.41, 5.74) is 1.12. The van der Waals surface area contributed by atoms with Crippen LogP contribution in [0.15, 0.2) is 0 Å². The van der Waals surface area contributed by atoms with Crippen molar-refractivity contribution < 1.29 is 0 Å². The smallest absolute Gasteiger partial charge is 0.0439 e. The van der Waals surface area contributed by atoms with Crippen LogP contribution in [0.25, 0.3) is 0 Å². The first-order valence-electron chi connectivity index (χ1n) is 13.0. The van der Waals surface area contributed by atoms with E-state index < -0.39 is 0 Å². The SMILES string of the molecule is CC(C)CCC[C@@H](C)[C@@H]1CC[C@@H]2[C@@H]3CC[C@@]4(Br)[C@H](Br)CCC[C@]4(C)[C@@H]3CC[C@@]21C. The van der Waals surface area contributed by atoms with Gasteiger partial charge in [0.05, 0.1) is 0 Å². The van der Waals surface area contributed by atoms with Crippen LogP contribution in [0, 0.1) is 46.3 Å². The Balaban J connectivity index is 1.51. The van der Waals surface area contributed by atoms with E-state index in [0.717, 1.165) is 35.5 Å². The Morgan fingerprint density at radius 3 is 2.34 bits per heavy atom. The predicted octanol–water partition coefficient (Wildman–Crippen LogP) is 9.39. The molecule has 0 aromatic carbocycles. The van der Waals surface area contributed by atoms with Crippen molar-refractivity contribution >= 4 is 31.9 Å². The Morgan fingerprint density at radius 2 is 1.62 bits per heavy atom. The molecule has 4 aliphatic carbocycles. The second-order valence-corrected chi connectivity index (χ2v) is 15.1. The molecule has 0 aliphatic heterocycles. The summed E-state index contributed by atoms with van der Waals surface area (Å²) in [6.45, 7) is 12.8. The lowest BCUT2D eigenvalue weighted by Gasteiger charge is -2.65. The van der Waals surface area contributed by atoms with Gasteiger partial charge in [-0.1, -0.05) is 92.2 Å². The summed E-state index contributed by atoms with van der Waals surface area (Å²) < 4.78 is 0.343. The maximum atomic E-state index is 4.37. The fourth-order valence-corrected chi connectivity index (χ4v) is 11.3. The van der Waals surface area contributed by atoms with Gasteiger partial charge >= 0.3 is 0 Å². The standard InChI is InChI=1S/C27H46Br2/c1-18(2)8-6-9-19(3)21-11-12-22-20-13-17-27(29)24(28)10-7-15-26(27,5)23(20)14-16-25(21,22)4/h18-24H,6-17H2,1-5H3/t19-,20+,21+,22-,23-,24-,25-,26-,27-/m1/s1. The second-order valence-electron chi connectivity index (χ2n) is 12.6. The minimum Gasteiger partial charge on any atom is -0.0875 e. The van der Waals surface area contributed by atoms with Crippen molar-refractivity contribution in [3.05, 3.63) is 0 Å². The van der Waals surface area contributed by atoms with E-state index in [0.29, 0.717) is 20.0 Å². The maximum absolute atomic E-state index is 4.37. The van der Waals surface area contributed by atoms with Gasteiger partial charge in [-0.15, -0.1) is 0 Å². The van der Waals surface area contributed by atoms with E-state index in [9.17, 15) is 0 Å². The first-order valence-corrected chi connectivity index (χ1v) is 14.7. The predicted molar refractivity (Wildman–Crippen MR) is 134 cm³/mol. The molecule has 0 saturated heterocycles. The van der Waals surface area contributed by atoms with Gasteiger partial charge in [0.25, 0.3) is 0 Å². The van der Waals surface area contributed by atoms with E-state index in [4.69, 9.17) is 0 Å². The fourth-order valence-electron chi connectivity index (χ4n) is 9.26. The molecule has 0 spiro atoms. The molecule has 0 radical (unpaired) electrons. The van der Waals surface area contributed by atoms with Gasteiger partial charge in [-0.05, 0) is 97.7 Å². The Labute approximate surface area is 198 Å². The molecule has 4 rings (SSSR count). The first kappa shape index (κ1) is 23.1. The van der Waals surface area contributed by atoms with Crippen molar-refractivity contribution in [2.24, 2.45) is 46.3 Å². The highest BCUT2D eigenvalue weighted by Crippen LogP contribution is 2.71. The van der Waals surface area contributed by atoms with E-state index in [1.165, 1.54) is 77.0 Å². The quantitative estimate of drug-likeness (QED) is 0.311. The lowest BCUT2D eigenvalue weighted by molar-refractivity contribution is -0.0989. The third-order valence-electron chi connectivity index (χ3n) is 10.9. The topological polar surface area (TPSA) is 0 Å². The van der Waals surface area contributed by atoms with Crippen LogP contribution in [0.1, 0.15) is 112 Å². The van der Waals surface area contributed by atoms with Crippen LogP contribution in [0.4, 0.5) is 0 Å². The van der Waals surface area contributed by atoms with E-state index >= 15 is 0 Å². The number of hydrogen-bond acceptors (Lipinski definition) is 0. The fraction of sp³-hybridized carbons (Fsp3) is 1.00. The second kappa shape index (κ2) is 8.39. The largest absolute Gasteiger partial charge is 0.0875 e. The summed E-state index contributed by atoms with van der Waals surface area (Å²) in [5.74, 6) is 5.73. The van der Waals surface area contributed by atoms with Gasteiger partial charge in [0.2, 0.25) is 0 Å². The monoisotopic (exact) mass is 528 g/mol. The highest BCUT2D eigenvalue weighted by Gasteiger charge is 2.65. The summed E-state index contributed by atoms with van der Waals surface area (Å²) in [6, 6.07) is 0. The van der Waals surface area contributed by atoms with Gasteiger partial charge in [0, 0.05) is 9.15 Å². The molecule has 4 saturated carbocycles.